The van der Waals surface area contributed by atoms with Gasteiger partial charge in [-0.2, -0.15) is 0 Å². The molecule has 0 unspecified atom stereocenters. The minimum atomic E-state index is -0.390. The zero-order valence-corrected chi connectivity index (χ0v) is 14.7. The highest BCUT2D eigenvalue weighted by atomic mass is 79.9. The lowest BCUT2D eigenvalue weighted by Gasteiger charge is -2.09. The Bertz CT molecular complexity index is 915. The minimum Gasteiger partial charge on any atom is -0.483 e. The van der Waals surface area contributed by atoms with Crippen LogP contribution in [0.15, 0.2) is 46.9 Å². The molecule has 0 fully saturated rings. The molecule has 0 aliphatic carbocycles. The molecule has 0 aliphatic rings. The maximum atomic E-state index is 13.0. The number of tetrazole rings is 1. The van der Waals surface area contributed by atoms with Gasteiger partial charge in [0.05, 0.1) is 4.47 Å². The van der Waals surface area contributed by atoms with Crippen molar-refractivity contribution in [2.75, 3.05) is 11.9 Å². The molecule has 3 aromatic rings. The van der Waals surface area contributed by atoms with E-state index in [0.717, 1.165) is 5.56 Å². The molecule has 0 aliphatic heterocycles. The predicted octanol–water partition coefficient (Wildman–Crippen LogP) is 2.80. The second kappa shape index (κ2) is 7.39. The summed E-state index contributed by atoms with van der Waals surface area (Å²) in [6.07, 6.45) is 0. The minimum absolute atomic E-state index is 0.208. The molecule has 1 aromatic heterocycles. The first kappa shape index (κ1) is 17.0. The van der Waals surface area contributed by atoms with Crippen molar-refractivity contribution >= 4 is 27.5 Å². The number of ether oxygens (including phenoxy) is 1. The van der Waals surface area contributed by atoms with Crippen molar-refractivity contribution in [1.29, 1.82) is 0 Å². The molecule has 9 heteroatoms. The van der Waals surface area contributed by atoms with Gasteiger partial charge in [0.1, 0.15) is 11.6 Å². The van der Waals surface area contributed by atoms with Crippen LogP contribution in [-0.4, -0.2) is 32.7 Å². The third kappa shape index (κ3) is 4.18. The summed E-state index contributed by atoms with van der Waals surface area (Å²) >= 11 is 3.18. The largest absolute Gasteiger partial charge is 0.483 e. The molecule has 3 rings (SSSR count). The number of hydrogen-bond acceptors (Lipinski definition) is 5. The molecule has 0 bridgehead atoms. The average molecular weight is 406 g/mol. The normalized spacial score (nSPS) is 10.5. The number of halogens is 2. The molecule has 0 saturated heterocycles. The SMILES string of the molecule is Cn1nnnc1-c1cccc(NC(=O)COc2ccc(F)cc2Br)c1. The molecule has 0 atom stereocenters. The summed E-state index contributed by atoms with van der Waals surface area (Å²) in [6, 6.07) is 11.1. The van der Waals surface area contributed by atoms with E-state index in [1.165, 1.54) is 22.9 Å². The van der Waals surface area contributed by atoms with E-state index in [1.807, 2.05) is 6.07 Å². The summed E-state index contributed by atoms with van der Waals surface area (Å²) in [7, 11) is 1.73. The van der Waals surface area contributed by atoms with Crippen LogP contribution in [-0.2, 0) is 11.8 Å². The summed E-state index contributed by atoms with van der Waals surface area (Å²) < 4.78 is 20.4. The van der Waals surface area contributed by atoms with Crippen LogP contribution in [0.4, 0.5) is 10.1 Å². The standard InChI is InChI=1S/C16H13BrFN5O2/c1-23-16(20-21-22-23)10-3-2-4-12(7-10)19-15(24)9-25-14-6-5-11(18)8-13(14)17/h2-8H,9H2,1H3,(H,19,24). The Labute approximate surface area is 150 Å². The van der Waals surface area contributed by atoms with Gasteiger partial charge in [-0.3, -0.25) is 4.79 Å². The van der Waals surface area contributed by atoms with E-state index in [2.05, 4.69) is 36.8 Å². The van der Waals surface area contributed by atoms with Crippen molar-refractivity contribution in [2.24, 2.45) is 7.05 Å². The predicted molar refractivity (Wildman–Crippen MR) is 92.5 cm³/mol. The number of benzene rings is 2. The summed E-state index contributed by atoms with van der Waals surface area (Å²) in [4.78, 5) is 12.1. The van der Waals surface area contributed by atoms with Crippen molar-refractivity contribution in [3.63, 3.8) is 0 Å². The molecular weight excluding hydrogens is 393 g/mol. The monoisotopic (exact) mass is 405 g/mol. The number of aromatic nitrogens is 4. The van der Waals surface area contributed by atoms with Crippen LogP contribution in [0.25, 0.3) is 11.4 Å². The van der Waals surface area contributed by atoms with Crippen LogP contribution in [0.5, 0.6) is 5.75 Å². The number of aryl methyl sites for hydroxylation is 1. The Morgan fingerprint density at radius 3 is 2.88 bits per heavy atom. The van der Waals surface area contributed by atoms with Crippen molar-refractivity contribution in [3.05, 3.63) is 52.8 Å². The molecule has 2 aromatic carbocycles. The Kier molecular flexibility index (Phi) is 5.03. The maximum absolute atomic E-state index is 13.0. The lowest BCUT2D eigenvalue weighted by Crippen LogP contribution is -2.20. The van der Waals surface area contributed by atoms with Crippen LogP contribution in [0, 0.1) is 5.82 Å². The van der Waals surface area contributed by atoms with E-state index in [9.17, 15) is 9.18 Å². The molecule has 1 N–H and O–H groups in total. The zero-order chi connectivity index (χ0) is 17.8. The van der Waals surface area contributed by atoms with Crippen LogP contribution < -0.4 is 10.1 Å². The van der Waals surface area contributed by atoms with E-state index in [-0.39, 0.29) is 12.5 Å². The molecule has 1 amide bonds. The molecule has 0 spiro atoms. The van der Waals surface area contributed by atoms with Gasteiger partial charge >= 0.3 is 0 Å². The zero-order valence-electron chi connectivity index (χ0n) is 13.1. The topological polar surface area (TPSA) is 81.9 Å². The van der Waals surface area contributed by atoms with E-state index in [1.54, 1.807) is 25.2 Å². The number of hydrogen-bond donors (Lipinski definition) is 1. The highest BCUT2D eigenvalue weighted by Crippen LogP contribution is 2.25. The Morgan fingerprint density at radius 2 is 2.16 bits per heavy atom. The Hall–Kier alpha value is -2.81. The summed E-state index contributed by atoms with van der Waals surface area (Å²) in [5, 5.41) is 14.0. The number of nitrogens with one attached hydrogen (secondary N) is 1. The summed E-state index contributed by atoms with van der Waals surface area (Å²) in [5.74, 6) is 0.237. The molecule has 7 nitrogen and oxygen atoms in total. The van der Waals surface area contributed by atoms with E-state index in [0.29, 0.717) is 21.7 Å². The van der Waals surface area contributed by atoms with Crippen LogP contribution in [0.2, 0.25) is 0 Å². The van der Waals surface area contributed by atoms with Gasteiger partial charge in [-0.25, -0.2) is 9.07 Å². The molecule has 128 valence electrons. The Morgan fingerprint density at radius 1 is 1.32 bits per heavy atom. The van der Waals surface area contributed by atoms with Gasteiger partial charge in [-0.1, -0.05) is 12.1 Å². The molecule has 1 heterocycles. The number of rotatable bonds is 5. The number of carbonyl (C=O) groups excluding carboxylic acids is 1. The average Bonchev–Trinajstić information content (AvgIpc) is 3.00. The van der Waals surface area contributed by atoms with Crippen molar-refractivity contribution in [1.82, 2.24) is 20.2 Å². The molecule has 0 saturated carbocycles. The number of anilines is 1. The number of amides is 1. The quantitative estimate of drug-likeness (QED) is 0.705. The smallest absolute Gasteiger partial charge is 0.262 e. The number of nitrogens with zero attached hydrogens (tertiary/aromatic N) is 4. The second-order valence-corrected chi connectivity index (χ2v) is 5.97. The van der Waals surface area contributed by atoms with Crippen LogP contribution in [0.3, 0.4) is 0 Å². The number of carbonyl (C=O) groups is 1. The van der Waals surface area contributed by atoms with Crippen molar-refractivity contribution < 1.29 is 13.9 Å². The van der Waals surface area contributed by atoms with Gasteiger partial charge in [-0.15, -0.1) is 5.10 Å². The van der Waals surface area contributed by atoms with Gasteiger partial charge < -0.3 is 10.1 Å². The van der Waals surface area contributed by atoms with E-state index < -0.39 is 5.82 Å². The third-order valence-corrected chi connectivity index (χ3v) is 3.90. The lowest BCUT2D eigenvalue weighted by atomic mass is 10.2. The van der Waals surface area contributed by atoms with Gasteiger partial charge in [0, 0.05) is 18.3 Å². The fourth-order valence-corrected chi connectivity index (χ4v) is 2.61. The lowest BCUT2D eigenvalue weighted by molar-refractivity contribution is -0.118. The molecular formula is C16H13BrFN5O2. The van der Waals surface area contributed by atoms with Gasteiger partial charge in [0.2, 0.25) is 0 Å². The van der Waals surface area contributed by atoms with Crippen LogP contribution >= 0.6 is 15.9 Å². The first-order chi connectivity index (χ1) is 12.0. The maximum Gasteiger partial charge on any atom is 0.262 e. The van der Waals surface area contributed by atoms with Gasteiger partial charge in [0.15, 0.2) is 12.4 Å². The van der Waals surface area contributed by atoms with Crippen molar-refractivity contribution in [2.45, 2.75) is 0 Å². The van der Waals surface area contributed by atoms with Gasteiger partial charge in [-0.05, 0) is 56.7 Å². The molecule has 0 radical (unpaired) electrons. The van der Waals surface area contributed by atoms with Crippen LogP contribution in [0.1, 0.15) is 0 Å². The van der Waals surface area contributed by atoms with Crippen molar-refractivity contribution in [3.8, 4) is 17.1 Å². The Balaban J connectivity index is 1.64. The molecule has 25 heavy (non-hydrogen) atoms. The first-order valence-corrected chi connectivity index (χ1v) is 8.03. The van der Waals surface area contributed by atoms with E-state index in [4.69, 9.17) is 4.74 Å². The van der Waals surface area contributed by atoms with Gasteiger partial charge in [0.25, 0.3) is 5.91 Å². The first-order valence-electron chi connectivity index (χ1n) is 7.23. The summed E-state index contributed by atoms with van der Waals surface area (Å²) in [6.45, 7) is -0.208. The highest BCUT2D eigenvalue weighted by Gasteiger charge is 2.10. The highest BCUT2D eigenvalue weighted by molar-refractivity contribution is 9.10. The fourth-order valence-electron chi connectivity index (χ4n) is 2.14. The second-order valence-electron chi connectivity index (χ2n) is 5.12. The fraction of sp³-hybridized carbons (Fsp3) is 0.125. The third-order valence-electron chi connectivity index (χ3n) is 3.28. The summed E-state index contributed by atoms with van der Waals surface area (Å²) in [5.41, 5.74) is 1.36. The van der Waals surface area contributed by atoms with E-state index >= 15 is 0 Å².